The number of methoxy groups -OCH3 is 2. The fourth-order valence-corrected chi connectivity index (χ4v) is 3.73. The van der Waals surface area contributed by atoms with E-state index in [0.29, 0.717) is 44.2 Å². The minimum absolute atomic E-state index is 0.0161. The molecule has 1 heterocycles. The third kappa shape index (κ3) is 7.07. The lowest BCUT2D eigenvalue weighted by atomic mass is 10.1. The summed E-state index contributed by atoms with van der Waals surface area (Å²) in [4.78, 5) is 20.4. The highest BCUT2D eigenvalue weighted by molar-refractivity contribution is 7.89. The summed E-state index contributed by atoms with van der Waals surface area (Å²) >= 11 is 0. The number of sulfonamides is 1. The van der Waals surface area contributed by atoms with E-state index in [0.717, 1.165) is 5.56 Å². The van der Waals surface area contributed by atoms with Crippen LogP contribution in [0.15, 0.2) is 12.1 Å². The molecule has 0 saturated carbocycles. The second-order valence-electron chi connectivity index (χ2n) is 6.04. The molecule has 3 N–H and O–H groups in total. The number of carboxylic acids is 2. The summed E-state index contributed by atoms with van der Waals surface area (Å²) in [5, 5.41) is 24.7. The van der Waals surface area contributed by atoms with Crippen LogP contribution in [0.3, 0.4) is 0 Å². The van der Waals surface area contributed by atoms with Gasteiger partial charge in [-0.1, -0.05) is 0 Å². The van der Waals surface area contributed by atoms with Crippen LogP contribution in [0.5, 0.6) is 17.2 Å². The quantitative estimate of drug-likeness (QED) is 0.523. The van der Waals surface area contributed by atoms with Crippen molar-refractivity contribution < 1.29 is 42.8 Å². The lowest BCUT2D eigenvalue weighted by Crippen LogP contribution is -2.48. The van der Waals surface area contributed by atoms with Crippen molar-refractivity contribution in [1.29, 1.82) is 0 Å². The summed E-state index contributed by atoms with van der Waals surface area (Å²) in [5.41, 5.74) is 0.947. The molecule has 0 amide bonds. The SMILES string of the molecule is CCS(=O)(=O)N1CCN(Cc2cc(OC)c(O)c(OC)c2)CC1.O=C(O)C(=O)O. The van der Waals surface area contributed by atoms with Gasteiger partial charge in [0.05, 0.1) is 20.0 Å². The summed E-state index contributed by atoms with van der Waals surface area (Å²) in [6.45, 7) is 4.66. The highest BCUT2D eigenvalue weighted by Gasteiger charge is 2.25. The summed E-state index contributed by atoms with van der Waals surface area (Å²) in [5.74, 6) is -2.79. The molecule has 29 heavy (non-hydrogen) atoms. The summed E-state index contributed by atoms with van der Waals surface area (Å²) in [7, 11) is -0.125. The second kappa shape index (κ2) is 10.8. The average molecular weight is 434 g/mol. The molecule has 1 aromatic carbocycles. The van der Waals surface area contributed by atoms with Crippen molar-refractivity contribution >= 4 is 22.0 Å². The van der Waals surface area contributed by atoms with Crippen molar-refractivity contribution in [3.05, 3.63) is 17.7 Å². The first-order valence-electron chi connectivity index (χ1n) is 8.65. The first kappa shape index (κ1) is 24.5. The molecule has 0 bridgehead atoms. The lowest BCUT2D eigenvalue weighted by Gasteiger charge is -2.33. The van der Waals surface area contributed by atoms with Gasteiger partial charge in [0.1, 0.15) is 0 Å². The van der Waals surface area contributed by atoms with E-state index in [2.05, 4.69) is 4.90 Å². The third-order valence-electron chi connectivity index (χ3n) is 4.22. The Bertz CT molecular complexity index is 781. The molecular formula is C17H26N2O9S. The number of hydrogen-bond donors (Lipinski definition) is 3. The maximum Gasteiger partial charge on any atom is 0.414 e. The highest BCUT2D eigenvalue weighted by atomic mass is 32.2. The Morgan fingerprint density at radius 1 is 1.00 bits per heavy atom. The first-order chi connectivity index (χ1) is 13.5. The predicted octanol–water partition coefficient (Wildman–Crippen LogP) is 0.0323. The van der Waals surface area contributed by atoms with Gasteiger partial charge in [0.2, 0.25) is 15.8 Å². The zero-order valence-electron chi connectivity index (χ0n) is 16.5. The predicted molar refractivity (Wildman–Crippen MR) is 103 cm³/mol. The standard InChI is InChI=1S/C15H24N2O5S.C2H2O4/c1-4-23(19,20)17-7-5-16(6-8-17)11-12-9-13(21-2)15(18)14(10-12)22-3;3-1(4)2(5)6/h9-10,18H,4-8,11H2,1-3H3;(H,3,4)(H,5,6). The number of phenolic OH excluding ortho intramolecular Hbond substituents is 1. The monoisotopic (exact) mass is 434 g/mol. The summed E-state index contributed by atoms with van der Waals surface area (Å²) < 4.78 is 35.6. The third-order valence-corrected chi connectivity index (χ3v) is 6.10. The van der Waals surface area contributed by atoms with Crippen LogP contribution in [0.1, 0.15) is 12.5 Å². The van der Waals surface area contributed by atoms with Crippen LogP contribution in [-0.2, 0) is 26.2 Å². The van der Waals surface area contributed by atoms with Gasteiger partial charge in [-0.05, 0) is 24.6 Å². The topological polar surface area (TPSA) is 154 Å². The number of piperazine rings is 1. The van der Waals surface area contributed by atoms with Gasteiger partial charge in [0, 0.05) is 32.7 Å². The van der Waals surface area contributed by atoms with Crippen molar-refractivity contribution in [3.63, 3.8) is 0 Å². The van der Waals surface area contributed by atoms with Gasteiger partial charge in [0.25, 0.3) is 0 Å². The van der Waals surface area contributed by atoms with Crippen LogP contribution < -0.4 is 9.47 Å². The molecule has 1 aromatic rings. The van der Waals surface area contributed by atoms with Gasteiger partial charge in [-0.25, -0.2) is 18.0 Å². The van der Waals surface area contributed by atoms with Crippen LogP contribution in [0.4, 0.5) is 0 Å². The van der Waals surface area contributed by atoms with E-state index in [4.69, 9.17) is 29.3 Å². The van der Waals surface area contributed by atoms with Crippen molar-refractivity contribution in [2.75, 3.05) is 46.2 Å². The van der Waals surface area contributed by atoms with E-state index in [9.17, 15) is 13.5 Å². The Morgan fingerprint density at radius 3 is 1.79 bits per heavy atom. The molecule has 11 nitrogen and oxygen atoms in total. The molecule has 1 aliphatic heterocycles. The number of nitrogens with zero attached hydrogens (tertiary/aromatic N) is 2. The molecule has 0 aromatic heterocycles. The Balaban J connectivity index is 0.000000612. The Labute approximate surface area is 169 Å². The molecule has 0 spiro atoms. The molecule has 1 aliphatic rings. The molecule has 0 aliphatic carbocycles. The minimum atomic E-state index is -3.11. The molecule has 164 valence electrons. The van der Waals surface area contributed by atoms with E-state index in [1.807, 2.05) is 0 Å². The fraction of sp³-hybridized carbons (Fsp3) is 0.529. The summed E-state index contributed by atoms with van der Waals surface area (Å²) in [6.07, 6.45) is 0. The number of aliphatic carboxylic acids is 2. The van der Waals surface area contributed by atoms with Crippen molar-refractivity contribution in [3.8, 4) is 17.2 Å². The Kier molecular flexibility index (Phi) is 9.14. The average Bonchev–Trinajstić information content (AvgIpc) is 2.69. The number of phenols is 1. The maximum atomic E-state index is 11.9. The number of carboxylic acid groups (broad SMARTS) is 2. The van der Waals surface area contributed by atoms with Crippen molar-refractivity contribution in [2.24, 2.45) is 0 Å². The molecule has 1 fully saturated rings. The van der Waals surface area contributed by atoms with E-state index in [-0.39, 0.29) is 11.5 Å². The fourth-order valence-electron chi connectivity index (χ4n) is 2.65. The zero-order chi connectivity index (χ0) is 22.2. The molecule has 12 heteroatoms. The Morgan fingerprint density at radius 2 is 1.45 bits per heavy atom. The number of hydrogen-bond acceptors (Lipinski definition) is 8. The molecule has 1 saturated heterocycles. The molecule has 0 atom stereocenters. The minimum Gasteiger partial charge on any atom is -0.502 e. The largest absolute Gasteiger partial charge is 0.502 e. The van der Waals surface area contributed by atoms with Gasteiger partial charge in [-0.3, -0.25) is 4.90 Å². The van der Waals surface area contributed by atoms with Crippen LogP contribution in [0.2, 0.25) is 0 Å². The lowest BCUT2D eigenvalue weighted by molar-refractivity contribution is -0.159. The van der Waals surface area contributed by atoms with Gasteiger partial charge in [0.15, 0.2) is 11.5 Å². The number of ether oxygens (including phenoxy) is 2. The molecule has 2 rings (SSSR count). The highest BCUT2D eigenvalue weighted by Crippen LogP contribution is 2.37. The van der Waals surface area contributed by atoms with E-state index in [1.165, 1.54) is 14.2 Å². The van der Waals surface area contributed by atoms with E-state index >= 15 is 0 Å². The van der Waals surface area contributed by atoms with E-state index in [1.54, 1.807) is 23.4 Å². The second-order valence-corrected chi connectivity index (χ2v) is 8.29. The van der Waals surface area contributed by atoms with Crippen LogP contribution in [-0.4, -0.2) is 91.0 Å². The van der Waals surface area contributed by atoms with Crippen LogP contribution in [0.25, 0.3) is 0 Å². The van der Waals surface area contributed by atoms with Crippen LogP contribution in [0, 0.1) is 0 Å². The van der Waals surface area contributed by atoms with E-state index < -0.39 is 22.0 Å². The summed E-state index contributed by atoms with van der Waals surface area (Å²) in [6, 6.07) is 3.54. The molecular weight excluding hydrogens is 408 g/mol. The van der Waals surface area contributed by atoms with Gasteiger partial charge in [-0.15, -0.1) is 0 Å². The number of carbonyl (C=O) groups is 2. The van der Waals surface area contributed by atoms with Gasteiger partial charge < -0.3 is 24.8 Å². The van der Waals surface area contributed by atoms with Crippen LogP contribution >= 0.6 is 0 Å². The molecule has 0 radical (unpaired) electrons. The normalized spacial score (nSPS) is 15.1. The Hall–Kier alpha value is -2.57. The number of benzene rings is 1. The van der Waals surface area contributed by atoms with Crippen molar-refractivity contribution in [2.45, 2.75) is 13.5 Å². The van der Waals surface area contributed by atoms with Crippen molar-refractivity contribution in [1.82, 2.24) is 9.21 Å². The first-order valence-corrected chi connectivity index (χ1v) is 10.3. The smallest absolute Gasteiger partial charge is 0.414 e. The number of rotatable bonds is 6. The zero-order valence-corrected chi connectivity index (χ0v) is 17.3. The van der Waals surface area contributed by atoms with Gasteiger partial charge in [-0.2, -0.15) is 4.31 Å². The van der Waals surface area contributed by atoms with Gasteiger partial charge >= 0.3 is 11.9 Å². The maximum absolute atomic E-state index is 11.9. The number of aromatic hydroxyl groups is 1. The molecule has 0 unspecified atom stereocenters.